The van der Waals surface area contributed by atoms with E-state index >= 15 is 0 Å². The third kappa shape index (κ3) is 5.20. The molecule has 2 saturated heterocycles. The summed E-state index contributed by atoms with van der Waals surface area (Å²) in [7, 11) is 0. The quantitative estimate of drug-likeness (QED) is 0.489. The summed E-state index contributed by atoms with van der Waals surface area (Å²) in [6.45, 7) is 3.62. The number of nitrogens with zero attached hydrogens (tertiary/aromatic N) is 4. The first-order valence-corrected chi connectivity index (χ1v) is 10.8. The number of benzene rings is 1. The van der Waals surface area contributed by atoms with Crippen molar-refractivity contribution < 1.29 is 23.7 Å². The SMILES string of the molecule is O=C(NCCN1CCN(C(=O)c2ccc([N+](=O)[O-])o2)CC1)C1CC(=O)N(c2ccccc2)C1. The van der Waals surface area contributed by atoms with E-state index in [1.807, 2.05) is 30.3 Å². The van der Waals surface area contributed by atoms with Gasteiger partial charge in [0.05, 0.1) is 12.0 Å². The zero-order valence-corrected chi connectivity index (χ0v) is 18.0. The fraction of sp³-hybridized carbons (Fsp3) is 0.409. The molecule has 2 aliphatic heterocycles. The van der Waals surface area contributed by atoms with Gasteiger partial charge in [-0.15, -0.1) is 0 Å². The van der Waals surface area contributed by atoms with Gasteiger partial charge in [0, 0.05) is 57.9 Å². The Morgan fingerprint density at radius 1 is 1.09 bits per heavy atom. The van der Waals surface area contributed by atoms with Crippen LogP contribution in [0.1, 0.15) is 17.0 Å². The Kier molecular flexibility index (Phi) is 6.68. The van der Waals surface area contributed by atoms with Crippen molar-refractivity contribution >= 4 is 29.3 Å². The van der Waals surface area contributed by atoms with E-state index in [-0.39, 0.29) is 35.8 Å². The molecule has 11 nitrogen and oxygen atoms in total. The molecule has 0 saturated carbocycles. The number of nitrogens with one attached hydrogen (secondary N) is 1. The van der Waals surface area contributed by atoms with Gasteiger partial charge in [-0.25, -0.2) is 0 Å². The normalized spacial score (nSPS) is 19.0. The van der Waals surface area contributed by atoms with Crippen LogP contribution in [-0.2, 0) is 9.59 Å². The lowest BCUT2D eigenvalue weighted by atomic mass is 10.1. The van der Waals surface area contributed by atoms with Crippen LogP contribution in [0.5, 0.6) is 0 Å². The Balaban J connectivity index is 1.18. The fourth-order valence-corrected chi connectivity index (χ4v) is 4.09. The number of hydrogen-bond acceptors (Lipinski definition) is 7. The third-order valence-electron chi connectivity index (χ3n) is 5.93. The minimum Gasteiger partial charge on any atom is -0.395 e. The Morgan fingerprint density at radius 3 is 2.48 bits per heavy atom. The summed E-state index contributed by atoms with van der Waals surface area (Å²) < 4.78 is 4.99. The molecule has 2 fully saturated rings. The highest BCUT2D eigenvalue weighted by atomic mass is 16.6. The van der Waals surface area contributed by atoms with Crippen LogP contribution < -0.4 is 10.2 Å². The molecule has 3 amide bonds. The smallest absolute Gasteiger partial charge is 0.395 e. The number of carbonyl (C=O) groups is 3. The summed E-state index contributed by atoms with van der Waals surface area (Å²) in [6, 6.07) is 11.8. The lowest BCUT2D eigenvalue weighted by Gasteiger charge is -2.34. The molecule has 174 valence electrons. The van der Waals surface area contributed by atoms with Crippen molar-refractivity contribution in [3.8, 4) is 0 Å². The zero-order valence-electron chi connectivity index (χ0n) is 18.0. The molecule has 0 bridgehead atoms. The van der Waals surface area contributed by atoms with Gasteiger partial charge in [0.25, 0.3) is 5.91 Å². The number of furan rings is 1. The van der Waals surface area contributed by atoms with Gasteiger partial charge in [-0.2, -0.15) is 0 Å². The molecular formula is C22H25N5O6. The molecule has 4 rings (SSSR count). The minimum atomic E-state index is -0.677. The van der Waals surface area contributed by atoms with Crippen molar-refractivity contribution in [1.29, 1.82) is 0 Å². The number of para-hydroxylation sites is 1. The lowest BCUT2D eigenvalue weighted by Crippen LogP contribution is -2.50. The van der Waals surface area contributed by atoms with Crippen molar-refractivity contribution in [2.24, 2.45) is 5.92 Å². The first-order chi connectivity index (χ1) is 15.9. The van der Waals surface area contributed by atoms with E-state index in [4.69, 9.17) is 4.42 Å². The van der Waals surface area contributed by atoms with Crippen LogP contribution >= 0.6 is 0 Å². The monoisotopic (exact) mass is 455 g/mol. The Hall–Kier alpha value is -3.73. The van der Waals surface area contributed by atoms with Gasteiger partial charge in [0.1, 0.15) is 4.92 Å². The summed E-state index contributed by atoms with van der Waals surface area (Å²) >= 11 is 0. The fourth-order valence-electron chi connectivity index (χ4n) is 4.09. The number of rotatable bonds is 7. The average molecular weight is 455 g/mol. The van der Waals surface area contributed by atoms with Gasteiger partial charge in [-0.05, 0) is 18.2 Å². The van der Waals surface area contributed by atoms with Crippen LogP contribution in [0.4, 0.5) is 11.6 Å². The average Bonchev–Trinajstić information content (AvgIpc) is 3.47. The maximum Gasteiger partial charge on any atom is 0.433 e. The maximum atomic E-state index is 12.5. The molecule has 1 N–H and O–H groups in total. The Morgan fingerprint density at radius 2 is 1.82 bits per heavy atom. The van der Waals surface area contributed by atoms with Gasteiger partial charge in [-0.1, -0.05) is 18.2 Å². The van der Waals surface area contributed by atoms with Gasteiger partial charge in [-0.3, -0.25) is 29.4 Å². The molecule has 2 aliphatic rings. The molecule has 11 heteroatoms. The lowest BCUT2D eigenvalue weighted by molar-refractivity contribution is -0.402. The second-order valence-corrected chi connectivity index (χ2v) is 8.06. The van der Waals surface area contributed by atoms with Gasteiger partial charge < -0.3 is 19.5 Å². The molecule has 33 heavy (non-hydrogen) atoms. The topological polar surface area (TPSA) is 129 Å². The van der Waals surface area contributed by atoms with Gasteiger partial charge in [0.2, 0.25) is 11.8 Å². The van der Waals surface area contributed by atoms with Crippen LogP contribution in [0.15, 0.2) is 46.9 Å². The molecule has 0 radical (unpaired) electrons. The number of amides is 3. The molecule has 0 aliphatic carbocycles. The van der Waals surface area contributed by atoms with E-state index in [1.54, 1.807) is 9.80 Å². The number of hydrogen-bond donors (Lipinski definition) is 1. The number of carbonyl (C=O) groups excluding carboxylic acids is 3. The van der Waals surface area contributed by atoms with E-state index in [1.165, 1.54) is 12.1 Å². The summed E-state index contributed by atoms with van der Waals surface area (Å²) in [4.78, 5) is 52.7. The van der Waals surface area contributed by atoms with Gasteiger partial charge >= 0.3 is 5.88 Å². The van der Waals surface area contributed by atoms with Crippen molar-refractivity contribution in [2.75, 3.05) is 50.7 Å². The van der Waals surface area contributed by atoms with Crippen LogP contribution in [0, 0.1) is 16.0 Å². The number of anilines is 1. The van der Waals surface area contributed by atoms with Crippen molar-refractivity contribution in [3.05, 3.63) is 58.3 Å². The Labute approximate surface area is 190 Å². The highest BCUT2D eigenvalue weighted by Crippen LogP contribution is 2.24. The predicted octanol–water partition coefficient (Wildman–Crippen LogP) is 1.11. The van der Waals surface area contributed by atoms with E-state index < -0.39 is 10.8 Å². The van der Waals surface area contributed by atoms with E-state index in [0.717, 1.165) is 5.69 Å². The summed E-state index contributed by atoms with van der Waals surface area (Å²) in [6.07, 6.45) is 0.201. The van der Waals surface area contributed by atoms with E-state index in [0.29, 0.717) is 45.8 Å². The molecule has 2 aromatic rings. The Bertz CT molecular complexity index is 1030. The summed E-state index contributed by atoms with van der Waals surface area (Å²) in [5, 5.41) is 13.6. The molecule has 1 aromatic carbocycles. The van der Waals surface area contributed by atoms with Crippen molar-refractivity contribution in [3.63, 3.8) is 0 Å². The standard InChI is InChI=1S/C22H25N5O6/c28-19-14-16(15-26(19)17-4-2-1-3-5-17)21(29)23-8-9-24-10-12-25(13-11-24)22(30)18-6-7-20(33-18)27(31)32/h1-7,16H,8-15H2,(H,23,29). The first kappa shape index (κ1) is 22.5. The molecule has 0 spiro atoms. The van der Waals surface area contributed by atoms with Crippen LogP contribution in [0.2, 0.25) is 0 Å². The van der Waals surface area contributed by atoms with Gasteiger partial charge in [0.15, 0.2) is 5.76 Å². The van der Waals surface area contributed by atoms with E-state index in [9.17, 15) is 24.5 Å². The highest BCUT2D eigenvalue weighted by molar-refractivity contribution is 6.00. The van der Waals surface area contributed by atoms with Crippen LogP contribution in [0.25, 0.3) is 0 Å². The first-order valence-electron chi connectivity index (χ1n) is 10.8. The summed E-state index contributed by atoms with van der Waals surface area (Å²) in [5.74, 6) is -1.42. The second kappa shape index (κ2) is 9.82. The second-order valence-electron chi connectivity index (χ2n) is 8.06. The molecule has 1 atom stereocenters. The number of piperazine rings is 1. The highest BCUT2D eigenvalue weighted by Gasteiger charge is 2.35. The van der Waals surface area contributed by atoms with Crippen molar-refractivity contribution in [1.82, 2.24) is 15.1 Å². The molecule has 1 unspecified atom stereocenters. The predicted molar refractivity (Wildman–Crippen MR) is 118 cm³/mol. The molecular weight excluding hydrogens is 430 g/mol. The van der Waals surface area contributed by atoms with Crippen LogP contribution in [-0.4, -0.2) is 78.3 Å². The number of nitro groups is 1. The summed E-state index contributed by atoms with van der Waals surface area (Å²) in [5.41, 5.74) is 0.800. The van der Waals surface area contributed by atoms with E-state index in [2.05, 4.69) is 10.2 Å². The molecule has 3 heterocycles. The third-order valence-corrected chi connectivity index (χ3v) is 5.93. The van der Waals surface area contributed by atoms with Crippen molar-refractivity contribution in [2.45, 2.75) is 6.42 Å². The minimum absolute atomic E-state index is 0.0435. The largest absolute Gasteiger partial charge is 0.433 e. The maximum absolute atomic E-state index is 12.5. The molecule has 1 aromatic heterocycles. The zero-order chi connectivity index (χ0) is 23.4. The van der Waals surface area contributed by atoms with Crippen LogP contribution in [0.3, 0.4) is 0 Å².